The first-order valence-electron chi connectivity index (χ1n) is 7.37. The summed E-state index contributed by atoms with van der Waals surface area (Å²) >= 11 is 0. The SMILES string of the molecule is CC(=O)Nc1ccc(/C=C/C(=O)Nc2cc(C)cc(C)c2)cc1. The number of carbonyl (C=O) groups is 2. The van der Waals surface area contributed by atoms with Crippen LogP contribution in [-0.2, 0) is 9.59 Å². The van der Waals surface area contributed by atoms with E-state index in [0.29, 0.717) is 0 Å². The maximum absolute atomic E-state index is 12.0. The molecule has 0 spiro atoms. The minimum Gasteiger partial charge on any atom is -0.326 e. The number of hydrogen-bond donors (Lipinski definition) is 2. The Balaban J connectivity index is 1.99. The molecular weight excluding hydrogens is 288 g/mol. The van der Waals surface area contributed by atoms with E-state index >= 15 is 0 Å². The van der Waals surface area contributed by atoms with Crippen molar-refractivity contribution in [2.75, 3.05) is 10.6 Å². The van der Waals surface area contributed by atoms with Crippen molar-refractivity contribution in [3.63, 3.8) is 0 Å². The predicted molar refractivity (Wildman–Crippen MR) is 94.3 cm³/mol. The summed E-state index contributed by atoms with van der Waals surface area (Å²) in [6.07, 6.45) is 3.22. The van der Waals surface area contributed by atoms with Gasteiger partial charge in [-0.1, -0.05) is 18.2 Å². The number of amides is 2. The lowest BCUT2D eigenvalue weighted by atomic mass is 10.1. The maximum Gasteiger partial charge on any atom is 0.248 e. The van der Waals surface area contributed by atoms with Crippen LogP contribution in [0, 0.1) is 13.8 Å². The number of aryl methyl sites for hydroxylation is 2. The molecule has 4 nitrogen and oxygen atoms in total. The van der Waals surface area contributed by atoms with Gasteiger partial charge in [-0.25, -0.2) is 0 Å². The van der Waals surface area contributed by atoms with Crippen LogP contribution in [0.15, 0.2) is 48.5 Å². The average Bonchev–Trinajstić information content (AvgIpc) is 2.45. The average molecular weight is 308 g/mol. The molecule has 0 aliphatic rings. The Labute approximate surface area is 136 Å². The second kappa shape index (κ2) is 7.40. The summed E-state index contributed by atoms with van der Waals surface area (Å²) < 4.78 is 0. The molecular formula is C19H20N2O2. The first-order chi connectivity index (χ1) is 10.9. The first-order valence-corrected chi connectivity index (χ1v) is 7.37. The zero-order valence-electron chi connectivity index (χ0n) is 13.5. The highest BCUT2D eigenvalue weighted by Crippen LogP contribution is 2.14. The van der Waals surface area contributed by atoms with E-state index in [4.69, 9.17) is 0 Å². The summed E-state index contributed by atoms with van der Waals surface area (Å²) in [5, 5.41) is 5.55. The van der Waals surface area contributed by atoms with Crippen LogP contribution < -0.4 is 10.6 Å². The maximum atomic E-state index is 12.0. The van der Waals surface area contributed by atoms with E-state index in [1.807, 2.05) is 38.1 Å². The Kier molecular flexibility index (Phi) is 5.31. The molecule has 0 aromatic heterocycles. The van der Waals surface area contributed by atoms with Gasteiger partial charge < -0.3 is 10.6 Å². The molecule has 0 unspecified atom stereocenters. The third-order valence-corrected chi connectivity index (χ3v) is 3.15. The zero-order valence-corrected chi connectivity index (χ0v) is 13.5. The largest absolute Gasteiger partial charge is 0.326 e. The Morgan fingerprint density at radius 1 is 0.870 bits per heavy atom. The molecule has 0 saturated heterocycles. The van der Waals surface area contributed by atoms with Gasteiger partial charge in [0.15, 0.2) is 0 Å². The molecule has 0 fully saturated rings. The molecule has 2 amide bonds. The fourth-order valence-corrected chi connectivity index (χ4v) is 2.28. The van der Waals surface area contributed by atoms with Crippen LogP contribution in [-0.4, -0.2) is 11.8 Å². The van der Waals surface area contributed by atoms with Gasteiger partial charge in [-0.3, -0.25) is 9.59 Å². The quantitative estimate of drug-likeness (QED) is 0.841. The molecule has 118 valence electrons. The topological polar surface area (TPSA) is 58.2 Å². The van der Waals surface area contributed by atoms with Crippen molar-refractivity contribution in [2.45, 2.75) is 20.8 Å². The van der Waals surface area contributed by atoms with E-state index < -0.39 is 0 Å². The highest BCUT2D eigenvalue weighted by Gasteiger charge is 2.00. The van der Waals surface area contributed by atoms with Crippen molar-refractivity contribution in [3.05, 3.63) is 65.2 Å². The van der Waals surface area contributed by atoms with Gasteiger partial charge in [-0.2, -0.15) is 0 Å². The molecule has 23 heavy (non-hydrogen) atoms. The van der Waals surface area contributed by atoms with Gasteiger partial charge >= 0.3 is 0 Å². The van der Waals surface area contributed by atoms with Crippen molar-refractivity contribution in [1.29, 1.82) is 0 Å². The second-order valence-electron chi connectivity index (χ2n) is 5.50. The van der Waals surface area contributed by atoms with Gasteiger partial charge in [0.25, 0.3) is 0 Å². The lowest BCUT2D eigenvalue weighted by Gasteiger charge is -2.05. The van der Waals surface area contributed by atoms with E-state index in [-0.39, 0.29) is 11.8 Å². The lowest BCUT2D eigenvalue weighted by Crippen LogP contribution is -2.08. The summed E-state index contributed by atoms with van der Waals surface area (Å²) in [7, 11) is 0. The highest BCUT2D eigenvalue weighted by atomic mass is 16.2. The third kappa shape index (κ3) is 5.43. The smallest absolute Gasteiger partial charge is 0.248 e. The minimum absolute atomic E-state index is 0.110. The van der Waals surface area contributed by atoms with Crippen molar-refractivity contribution < 1.29 is 9.59 Å². The summed E-state index contributed by atoms with van der Waals surface area (Å²) in [6, 6.07) is 13.2. The second-order valence-corrected chi connectivity index (χ2v) is 5.50. The Morgan fingerprint density at radius 3 is 2.04 bits per heavy atom. The fourth-order valence-electron chi connectivity index (χ4n) is 2.28. The van der Waals surface area contributed by atoms with Crippen molar-refractivity contribution >= 4 is 29.3 Å². The van der Waals surface area contributed by atoms with Crippen LogP contribution in [0.2, 0.25) is 0 Å². The van der Waals surface area contributed by atoms with Crippen LogP contribution in [0.4, 0.5) is 11.4 Å². The zero-order chi connectivity index (χ0) is 16.8. The summed E-state index contributed by atoms with van der Waals surface area (Å²) in [4.78, 5) is 22.9. The standard InChI is InChI=1S/C19H20N2O2/c1-13-10-14(2)12-18(11-13)21-19(23)9-6-16-4-7-17(8-5-16)20-15(3)22/h4-12H,1-3H3,(H,20,22)(H,21,23)/b9-6+. The highest BCUT2D eigenvalue weighted by molar-refractivity contribution is 6.02. The molecule has 0 aliphatic heterocycles. The molecule has 0 bridgehead atoms. The van der Waals surface area contributed by atoms with Crippen LogP contribution in [0.5, 0.6) is 0 Å². The fraction of sp³-hybridized carbons (Fsp3) is 0.158. The van der Waals surface area contributed by atoms with Crippen LogP contribution in [0.25, 0.3) is 6.08 Å². The molecule has 4 heteroatoms. The van der Waals surface area contributed by atoms with E-state index in [9.17, 15) is 9.59 Å². The molecule has 2 rings (SSSR count). The number of nitrogens with one attached hydrogen (secondary N) is 2. The van der Waals surface area contributed by atoms with Gasteiger partial charge in [0.2, 0.25) is 11.8 Å². The normalized spacial score (nSPS) is 10.6. The third-order valence-electron chi connectivity index (χ3n) is 3.15. The van der Waals surface area contributed by atoms with Gasteiger partial charge in [-0.15, -0.1) is 0 Å². The number of hydrogen-bond acceptors (Lipinski definition) is 2. The number of anilines is 2. The number of benzene rings is 2. The molecule has 0 atom stereocenters. The van der Waals surface area contributed by atoms with Crippen molar-refractivity contribution in [1.82, 2.24) is 0 Å². The Bertz CT molecular complexity index is 726. The van der Waals surface area contributed by atoms with Crippen LogP contribution in [0.3, 0.4) is 0 Å². The lowest BCUT2D eigenvalue weighted by molar-refractivity contribution is -0.114. The van der Waals surface area contributed by atoms with Crippen molar-refractivity contribution in [3.8, 4) is 0 Å². The Hall–Kier alpha value is -2.88. The van der Waals surface area contributed by atoms with E-state index in [1.54, 1.807) is 18.2 Å². The molecule has 2 aromatic rings. The predicted octanol–water partition coefficient (Wildman–Crippen LogP) is 3.91. The molecule has 2 N–H and O–H groups in total. The molecule has 0 aliphatic carbocycles. The van der Waals surface area contributed by atoms with E-state index in [0.717, 1.165) is 28.1 Å². The molecule has 0 radical (unpaired) electrons. The molecule has 0 saturated carbocycles. The van der Waals surface area contributed by atoms with Crippen molar-refractivity contribution in [2.24, 2.45) is 0 Å². The van der Waals surface area contributed by atoms with Gasteiger partial charge in [0.05, 0.1) is 0 Å². The summed E-state index contributed by atoms with van der Waals surface area (Å²) in [5.74, 6) is -0.290. The molecule has 0 heterocycles. The van der Waals surface area contributed by atoms with Gasteiger partial charge in [0.1, 0.15) is 0 Å². The van der Waals surface area contributed by atoms with Crippen LogP contribution in [0.1, 0.15) is 23.6 Å². The van der Waals surface area contributed by atoms with Crippen LogP contribution >= 0.6 is 0 Å². The monoisotopic (exact) mass is 308 g/mol. The first kappa shape index (κ1) is 16.5. The molecule has 2 aromatic carbocycles. The summed E-state index contributed by atoms with van der Waals surface area (Å²) in [6.45, 7) is 5.45. The number of carbonyl (C=O) groups excluding carboxylic acids is 2. The summed E-state index contributed by atoms with van der Waals surface area (Å²) in [5.41, 5.74) is 4.62. The minimum atomic E-state index is -0.180. The van der Waals surface area contributed by atoms with E-state index in [2.05, 4.69) is 16.7 Å². The number of rotatable bonds is 4. The Morgan fingerprint density at radius 2 is 1.48 bits per heavy atom. The van der Waals surface area contributed by atoms with E-state index in [1.165, 1.54) is 13.0 Å². The van der Waals surface area contributed by atoms with Gasteiger partial charge in [0, 0.05) is 24.4 Å². The van der Waals surface area contributed by atoms with Gasteiger partial charge in [-0.05, 0) is 60.9 Å².